The van der Waals surface area contributed by atoms with Crippen LogP contribution in [0.2, 0.25) is 0 Å². The molecule has 0 radical (unpaired) electrons. The summed E-state index contributed by atoms with van der Waals surface area (Å²) >= 11 is 3.43. The third-order valence-electron chi connectivity index (χ3n) is 4.04. The Bertz CT molecular complexity index is 993. The third-order valence-corrected chi connectivity index (χ3v) is 4.53. The van der Waals surface area contributed by atoms with Gasteiger partial charge in [-0.2, -0.15) is 0 Å². The number of rotatable bonds is 4. The van der Waals surface area contributed by atoms with Crippen LogP contribution in [0.4, 0.5) is 0 Å². The van der Waals surface area contributed by atoms with Crippen LogP contribution in [0.25, 0.3) is 6.08 Å². The molecular formula is C22H15BrO3. The fraction of sp³-hybridized carbons (Fsp3) is 0.0455. The summed E-state index contributed by atoms with van der Waals surface area (Å²) < 4.78 is 12.5. The van der Waals surface area contributed by atoms with Gasteiger partial charge in [0.05, 0.1) is 5.56 Å². The maximum absolute atomic E-state index is 12.5. The van der Waals surface area contributed by atoms with Crippen molar-refractivity contribution in [1.29, 1.82) is 0 Å². The normalized spacial score (nSPS) is 14.2. The minimum absolute atomic E-state index is 0.116. The van der Waals surface area contributed by atoms with E-state index in [1.54, 1.807) is 24.3 Å². The average molecular weight is 407 g/mol. The molecule has 3 aromatic carbocycles. The summed E-state index contributed by atoms with van der Waals surface area (Å²) in [6.07, 6.45) is 1.75. The molecule has 0 atom stereocenters. The van der Waals surface area contributed by atoms with E-state index in [4.69, 9.17) is 9.47 Å². The number of Topliss-reactive ketones (excluding diaryl/α,β-unsaturated/α-hetero) is 1. The molecule has 0 fully saturated rings. The number of ether oxygens (including phenoxy) is 2. The number of hydrogen-bond acceptors (Lipinski definition) is 3. The molecular weight excluding hydrogens is 392 g/mol. The van der Waals surface area contributed by atoms with Gasteiger partial charge in [0.25, 0.3) is 0 Å². The topological polar surface area (TPSA) is 35.5 Å². The SMILES string of the molecule is O=C1C(=Cc2cccc(Br)c2)Oc2cc(OCc3ccccc3)ccc21. The van der Waals surface area contributed by atoms with Crippen LogP contribution in [0.1, 0.15) is 21.5 Å². The predicted molar refractivity (Wildman–Crippen MR) is 104 cm³/mol. The third kappa shape index (κ3) is 3.55. The van der Waals surface area contributed by atoms with Gasteiger partial charge in [0.2, 0.25) is 5.78 Å². The lowest BCUT2D eigenvalue weighted by molar-refractivity contribution is 0.101. The van der Waals surface area contributed by atoms with Crippen molar-refractivity contribution in [2.45, 2.75) is 6.61 Å². The highest BCUT2D eigenvalue weighted by atomic mass is 79.9. The predicted octanol–water partition coefficient (Wildman–Crippen LogP) is 5.64. The van der Waals surface area contributed by atoms with E-state index in [0.717, 1.165) is 15.6 Å². The van der Waals surface area contributed by atoms with E-state index >= 15 is 0 Å². The van der Waals surface area contributed by atoms with Gasteiger partial charge in [0.15, 0.2) is 5.76 Å². The Balaban J connectivity index is 1.53. The van der Waals surface area contributed by atoms with Crippen molar-refractivity contribution in [2.24, 2.45) is 0 Å². The highest BCUT2D eigenvalue weighted by molar-refractivity contribution is 9.10. The van der Waals surface area contributed by atoms with Gasteiger partial charge >= 0.3 is 0 Å². The summed E-state index contributed by atoms with van der Waals surface area (Å²) in [5, 5.41) is 0. The zero-order valence-electron chi connectivity index (χ0n) is 13.8. The Morgan fingerprint density at radius 3 is 2.62 bits per heavy atom. The zero-order chi connectivity index (χ0) is 17.9. The van der Waals surface area contributed by atoms with E-state index < -0.39 is 0 Å². The maximum Gasteiger partial charge on any atom is 0.231 e. The minimum atomic E-state index is -0.116. The molecule has 3 nitrogen and oxygen atoms in total. The number of hydrogen-bond donors (Lipinski definition) is 0. The lowest BCUT2D eigenvalue weighted by Crippen LogP contribution is -1.98. The van der Waals surface area contributed by atoms with E-state index in [-0.39, 0.29) is 5.78 Å². The molecule has 128 valence electrons. The van der Waals surface area contributed by atoms with Crippen LogP contribution in [0.5, 0.6) is 11.5 Å². The minimum Gasteiger partial charge on any atom is -0.489 e. The Hall–Kier alpha value is -2.85. The average Bonchev–Trinajstić information content (AvgIpc) is 2.96. The number of fused-ring (bicyclic) bond motifs is 1. The molecule has 1 aliphatic heterocycles. The molecule has 3 aromatic rings. The van der Waals surface area contributed by atoms with Gasteiger partial charge in [-0.15, -0.1) is 0 Å². The molecule has 1 heterocycles. The van der Waals surface area contributed by atoms with Crippen LogP contribution in [-0.4, -0.2) is 5.78 Å². The van der Waals surface area contributed by atoms with Crippen molar-refractivity contribution in [3.05, 3.63) is 99.7 Å². The molecule has 4 rings (SSSR count). The molecule has 0 aromatic heterocycles. The van der Waals surface area contributed by atoms with Gasteiger partial charge in [-0.25, -0.2) is 0 Å². The van der Waals surface area contributed by atoms with Crippen LogP contribution in [0.3, 0.4) is 0 Å². The zero-order valence-corrected chi connectivity index (χ0v) is 15.4. The molecule has 0 bridgehead atoms. The van der Waals surface area contributed by atoms with E-state index in [1.165, 1.54) is 0 Å². The molecule has 0 unspecified atom stereocenters. The fourth-order valence-electron chi connectivity index (χ4n) is 2.75. The van der Waals surface area contributed by atoms with Crippen molar-refractivity contribution in [1.82, 2.24) is 0 Å². The first-order valence-electron chi connectivity index (χ1n) is 8.20. The van der Waals surface area contributed by atoms with Crippen LogP contribution >= 0.6 is 15.9 Å². The number of ketones is 1. The van der Waals surface area contributed by atoms with Crippen LogP contribution in [0.15, 0.2) is 83.0 Å². The molecule has 26 heavy (non-hydrogen) atoms. The second-order valence-electron chi connectivity index (χ2n) is 5.93. The van der Waals surface area contributed by atoms with Crippen LogP contribution in [0, 0.1) is 0 Å². The van der Waals surface area contributed by atoms with Crippen molar-refractivity contribution in [3.63, 3.8) is 0 Å². The number of allylic oxidation sites excluding steroid dienone is 1. The largest absolute Gasteiger partial charge is 0.489 e. The Morgan fingerprint density at radius 2 is 1.81 bits per heavy atom. The first-order valence-corrected chi connectivity index (χ1v) is 8.99. The van der Waals surface area contributed by atoms with Gasteiger partial charge in [-0.1, -0.05) is 58.4 Å². The monoisotopic (exact) mass is 406 g/mol. The quantitative estimate of drug-likeness (QED) is 0.525. The van der Waals surface area contributed by atoms with Crippen molar-refractivity contribution in [2.75, 3.05) is 0 Å². The van der Waals surface area contributed by atoms with Gasteiger partial charge in [0, 0.05) is 10.5 Å². The lowest BCUT2D eigenvalue weighted by Gasteiger charge is -2.07. The van der Waals surface area contributed by atoms with E-state index in [2.05, 4.69) is 15.9 Å². The van der Waals surface area contributed by atoms with E-state index in [0.29, 0.717) is 29.4 Å². The van der Waals surface area contributed by atoms with Crippen LogP contribution in [-0.2, 0) is 6.61 Å². The first kappa shape index (κ1) is 16.6. The van der Waals surface area contributed by atoms with E-state index in [1.807, 2.05) is 54.6 Å². The summed E-state index contributed by atoms with van der Waals surface area (Å²) in [5.74, 6) is 1.40. The van der Waals surface area contributed by atoms with Gasteiger partial charge < -0.3 is 9.47 Å². The molecule has 0 N–H and O–H groups in total. The number of benzene rings is 3. The van der Waals surface area contributed by atoms with E-state index in [9.17, 15) is 4.79 Å². The summed E-state index contributed by atoms with van der Waals surface area (Å²) in [6, 6.07) is 22.9. The van der Waals surface area contributed by atoms with Crippen LogP contribution < -0.4 is 9.47 Å². The Kier molecular flexibility index (Phi) is 4.59. The highest BCUT2D eigenvalue weighted by Gasteiger charge is 2.27. The molecule has 0 aliphatic carbocycles. The number of carbonyl (C=O) groups is 1. The van der Waals surface area contributed by atoms with Gasteiger partial charge in [-0.05, 0) is 41.5 Å². The number of halogens is 1. The molecule has 0 saturated heterocycles. The molecule has 1 aliphatic rings. The van der Waals surface area contributed by atoms with Gasteiger partial charge in [0.1, 0.15) is 18.1 Å². The second kappa shape index (κ2) is 7.18. The standard InChI is InChI=1S/C22H15BrO3/c23-17-8-4-7-16(11-17)12-21-22(24)19-10-9-18(13-20(19)26-21)25-14-15-5-2-1-3-6-15/h1-13H,14H2. The van der Waals surface area contributed by atoms with Gasteiger partial charge in [-0.3, -0.25) is 4.79 Å². The lowest BCUT2D eigenvalue weighted by atomic mass is 10.1. The summed E-state index contributed by atoms with van der Waals surface area (Å²) in [7, 11) is 0. The maximum atomic E-state index is 12.5. The second-order valence-corrected chi connectivity index (χ2v) is 6.84. The Labute approximate surface area is 160 Å². The van der Waals surface area contributed by atoms with Crippen molar-refractivity contribution >= 4 is 27.8 Å². The van der Waals surface area contributed by atoms with Crippen molar-refractivity contribution < 1.29 is 14.3 Å². The Morgan fingerprint density at radius 1 is 0.962 bits per heavy atom. The smallest absolute Gasteiger partial charge is 0.231 e. The molecule has 0 saturated carbocycles. The fourth-order valence-corrected chi connectivity index (χ4v) is 3.16. The summed E-state index contributed by atoms with van der Waals surface area (Å²) in [4.78, 5) is 12.5. The first-order chi connectivity index (χ1) is 12.7. The summed E-state index contributed by atoms with van der Waals surface area (Å²) in [5.41, 5.74) is 2.54. The van der Waals surface area contributed by atoms with Crippen molar-refractivity contribution in [3.8, 4) is 11.5 Å². The molecule has 0 amide bonds. The molecule has 0 spiro atoms. The summed E-state index contributed by atoms with van der Waals surface area (Å²) in [6.45, 7) is 0.467. The molecule has 4 heteroatoms. The highest BCUT2D eigenvalue weighted by Crippen LogP contribution is 2.35. The number of carbonyl (C=O) groups excluding carboxylic acids is 1.